The molecule has 3 aliphatic rings. The maximum absolute atomic E-state index is 12.6. The van der Waals surface area contributed by atoms with Gasteiger partial charge in [-0.3, -0.25) is 14.7 Å². The Morgan fingerprint density at radius 2 is 2.00 bits per heavy atom. The lowest BCUT2D eigenvalue weighted by molar-refractivity contribution is -0.130. The van der Waals surface area contributed by atoms with Crippen LogP contribution in [0, 0.1) is 19.8 Å². The van der Waals surface area contributed by atoms with Gasteiger partial charge in [-0.05, 0) is 52.5 Å². The minimum atomic E-state index is 0.0596. The van der Waals surface area contributed by atoms with Crippen molar-refractivity contribution in [3.05, 3.63) is 17.6 Å². The standard InChI is InChI=1S/C20H31N5O/c1-15-12-21-16(2)19(22-15)25-11-10-23(3)20(14-25)7-6-18(26)24(9-8-20)13-17-4-5-17/h12,17H,4-11,13-14H2,1-3H3. The summed E-state index contributed by atoms with van der Waals surface area (Å²) in [6, 6.07) is 0. The van der Waals surface area contributed by atoms with Crippen molar-refractivity contribution in [2.75, 3.05) is 44.7 Å². The highest BCUT2D eigenvalue weighted by molar-refractivity contribution is 5.76. The van der Waals surface area contributed by atoms with E-state index >= 15 is 0 Å². The molecule has 0 radical (unpaired) electrons. The number of hydrogen-bond acceptors (Lipinski definition) is 5. The highest BCUT2D eigenvalue weighted by Crippen LogP contribution is 2.36. The van der Waals surface area contributed by atoms with Crippen LogP contribution < -0.4 is 4.90 Å². The molecule has 142 valence electrons. The van der Waals surface area contributed by atoms with E-state index < -0.39 is 0 Å². The molecule has 2 aliphatic heterocycles. The molecule has 0 aromatic carbocycles. The van der Waals surface area contributed by atoms with E-state index in [-0.39, 0.29) is 5.54 Å². The van der Waals surface area contributed by atoms with Gasteiger partial charge in [0.05, 0.1) is 11.4 Å². The summed E-state index contributed by atoms with van der Waals surface area (Å²) in [5.74, 6) is 2.13. The molecule has 1 unspecified atom stereocenters. The highest BCUT2D eigenvalue weighted by Gasteiger charge is 2.43. The van der Waals surface area contributed by atoms with Gasteiger partial charge in [0.25, 0.3) is 0 Å². The number of piperazine rings is 1. The van der Waals surface area contributed by atoms with Crippen molar-refractivity contribution in [3.8, 4) is 0 Å². The predicted molar refractivity (Wildman–Crippen MR) is 102 cm³/mol. The van der Waals surface area contributed by atoms with E-state index in [1.165, 1.54) is 12.8 Å². The fraction of sp³-hybridized carbons (Fsp3) is 0.750. The molecular weight excluding hydrogens is 326 g/mol. The molecule has 1 spiro atoms. The van der Waals surface area contributed by atoms with E-state index in [0.717, 1.165) is 68.7 Å². The number of aromatic nitrogens is 2. The molecule has 6 heteroatoms. The van der Waals surface area contributed by atoms with Crippen LogP contribution in [-0.2, 0) is 4.79 Å². The van der Waals surface area contributed by atoms with Gasteiger partial charge in [0.1, 0.15) is 5.82 Å². The van der Waals surface area contributed by atoms with E-state index in [2.05, 4.69) is 26.7 Å². The molecular formula is C20H31N5O. The third kappa shape index (κ3) is 3.43. The summed E-state index contributed by atoms with van der Waals surface area (Å²) in [6.07, 6.45) is 7.10. The van der Waals surface area contributed by atoms with Crippen LogP contribution in [0.2, 0.25) is 0 Å². The van der Waals surface area contributed by atoms with Crippen LogP contribution in [0.25, 0.3) is 0 Å². The Balaban J connectivity index is 1.54. The molecule has 3 heterocycles. The summed E-state index contributed by atoms with van der Waals surface area (Å²) in [4.78, 5) is 28.9. The predicted octanol–water partition coefficient (Wildman–Crippen LogP) is 2.01. The van der Waals surface area contributed by atoms with Crippen LogP contribution in [0.3, 0.4) is 0 Å². The average Bonchev–Trinajstić information content (AvgIpc) is 3.45. The Morgan fingerprint density at radius 3 is 2.77 bits per heavy atom. The normalized spacial score (nSPS) is 27.9. The highest BCUT2D eigenvalue weighted by atomic mass is 16.2. The molecule has 0 N–H and O–H groups in total. The molecule has 1 saturated carbocycles. The van der Waals surface area contributed by atoms with Crippen molar-refractivity contribution in [1.29, 1.82) is 0 Å². The maximum atomic E-state index is 12.6. The summed E-state index contributed by atoms with van der Waals surface area (Å²) in [5.41, 5.74) is 2.02. The van der Waals surface area contributed by atoms with Gasteiger partial charge >= 0.3 is 0 Å². The minimum absolute atomic E-state index is 0.0596. The fourth-order valence-corrected chi connectivity index (χ4v) is 4.50. The number of carbonyl (C=O) groups excluding carboxylic acids is 1. The summed E-state index contributed by atoms with van der Waals surface area (Å²) in [7, 11) is 2.23. The van der Waals surface area contributed by atoms with Gasteiger partial charge in [0.2, 0.25) is 5.91 Å². The Morgan fingerprint density at radius 1 is 1.19 bits per heavy atom. The molecule has 1 aliphatic carbocycles. The first-order chi connectivity index (χ1) is 12.5. The molecule has 6 nitrogen and oxygen atoms in total. The number of anilines is 1. The van der Waals surface area contributed by atoms with Crippen molar-refractivity contribution < 1.29 is 4.79 Å². The smallest absolute Gasteiger partial charge is 0.222 e. The van der Waals surface area contributed by atoms with Crippen molar-refractivity contribution in [2.24, 2.45) is 5.92 Å². The van der Waals surface area contributed by atoms with Crippen molar-refractivity contribution >= 4 is 11.7 Å². The largest absolute Gasteiger partial charge is 0.352 e. The monoisotopic (exact) mass is 357 g/mol. The quantitative estimate of drug-likeness (QED) is 0.828. The Bertz CT molecular complexity index is 689. The van der Waals surface area contributed by atoms with Gasteiger partial charge < -0.3 is 9.80 Å². The number of hydrogen-bond donors (Lipinski definition) is 0. The number of rotatable bonds is 3. The zero-order valence-electron chi connectivity index (χ0n) is 16.4. The molecule has 2 saturated heterocycles. The molecule has 1 aromatic heterocycles. The molecule has 4 rings (SSSR count). The van der Waals surface area contributed by atoms with E-state index in [9.17, 15) is 4.79 Å². The lowest BCUT2D eigenvalue weighted by atomic mass is 9.86. The first-order valence-corrected chi connectivity index (χ1v) is 10.0. The van der Waals surface area contributed by atoms with Gasteiger partial charge in [-0.2, -0.15) is 0 Å². The van der Waals surface area contributed by atoms with Crippen LogP contribution in [0.4, 0.5) is 5.82 Å². The van der Waals surface area contributed by atoms with Gasteiger partial charge in [-0.15, -0.1) is 0 Å². The second-order valence-electron chi connectivity index (χ2n) is 8.52. The summed E-state index contributed by atoms with van der Waals surface area (Å²) < 4.78 is 0. The molecule has 26 heavy (non-hydrogen) atoms. The van der Waals surface area contributed by atoms with Crippen LogP contribution in [0.15, 0.2) is 6.20 Å². The van der Waals surface area contributed by atoms with Crippen LogP contribution in [0.5, 0.6) is 0 Å². The summed E-state index contributed by atoms with van der Waals surface area (Å²) in [6.45, 7) is 8.83. The Labute approximate surface area is 156 Å². The number of carbonyl (C=O) groups is 1. The number of nitrogens with zero attached hydrogens (tertiary/aromatic N) is 5. The fourth-order valence-electron chi connectivity index (χ4n) is 4.50. The lowest BCUT2D eigenvalue weighted by Gasteiger charge is -2.49. The summed E-state index contributed by atoms with van der Waals surface area (Å²) in [5, 5.41) is 0. The third-order valence-corrected chi connectivity index (χ3v) is 6.53. The molecule has 0 bridgehead atoms. The van der Waals surface area contributed by atoms with Gasteiger partial charge in [0, 0.05) is 50.9 Å². The molecule has 1 atom stereocenters. The third-order valence-electron chi connectivity index (χ3n) is 6.53. The second kappa shape index (κ2) is 6.80. The minimum Gasteiger partial charge on any atom is -0.352 e. The molecule has 1 amide bonds. The Hall–Kier alpha value is -1.69. The van der Waals surface area contributed by atoms with Crippen molar-refractivity contribution in [1.82, 2.24) is 19.8 Å². The molecule has 1 aromatic rings. The number of likely N-dealkylation sites (tertiary alicyclic amines) is 1. The maximum Gasteiger partial charge on any atom is 0.222 e. The average molecular weight is 358 g/mol. The first-order valence-electron chi connectivity index (χ1n) is 10.0. The zero-order valence-corrected chi connectivity index (χ0v) is 16.4. The van der Waals surface area contributed by atoms with Gasteiger partial charge in [0.15, 0.2) is 0 Å². The summed E-state index contributed by atoms with van der Waals surface area (Å²) >= 11 is 0. The Kier molecular flexibility index (Phi) is 4.63. The topological polar surface area (TPSA) is 52.6 Å². The lowest BCUT2D eigenvalue weighted by Crippen LogP contribution is -2.61. The number of amides is 1. The first kappa shape index (κ1) is 17.7. The van der Waals surface area contributed by atoms with Crippen molar-refractivity contribution in [2.45, 2.75) is 51.5 Å². The van der Waals surface area contributed by atoms with Crippen LogP contribution in [0.1, 0.15) is 43.5 Å². The number of likely N-dealkylation sites (N-methyl/N-ethyl adjacent to an activating group) is 1. The zero-order chi connectivity index (χ0) is 18.3. The second-order valence-corrected chi connectivity index (χ2v) is 8.52. The van der Waals surface area contributed by atoms with Crippen LogP contribution in [-0.4, -0.2) is 71.0 Å². The van der Waals surface area contributed by atoms with Gasteiger partial charge in [-0.1, -0.05) is 0 Å². The van der Waals surface area contributed by atoms with E-state index in [0.29, 0.717) is 12.3 Å². The number of aryl methyl sites for hydroxylation is 2. The van der Waals surface area contributed by atoms with E-state index in [1.807, 2.05) is 20.0 Å². The SMILES string of the molecule is Cc1cnc(C)c(N2CCN(C)C3(CCC(=O)N(CC4CC4)CC3)C2)n1. The van der Waals surface area contributed by atoms with E-state index in [1.54, 1.807) is 0 Å². The van der Waals surface area contributed by atoms with E-state index in [4.69, 9.17) is 4.98 Å². The van der Waals surface area contributed by atoms with Gasteiger partial charge in [-0.25, -0.2) is 4.98 Å². The van der Waals surface area contributed by atoms with Crippen molar-refractivity contribution in [3.63, 3.8) is 0 Å². The van der Waals surface area contributed by atoms with Crippen LogP contribution >= 0.6 is 0 Å². The molecule has 3 fully saturated rings.